The fraction of sp³-hybridized carbons (Fsp3) is 0.385. The van der Waals surface area contributed by atoms with Crippen LogP contribution in [0.25, 0.3) is 0 Å². The first-order chi connectivity index (χ1) is 7.66. The summed E-state index contributed by atoms with van der Waals surface area (Å²) in [6.45, 7) is 0. The van der Waals surface area contributed by atoms with Gasteiger partial charge in [-0.15, -0.1) is 0 Å². The van der Waals surface area contributed by atoms with Gasteiger partial charge in [0.15, 0.2) is 5.78 Å². The maximum absolute atomic E-state index is 12.7. The highest BCUT2D eigenvalue weighted by Gasteiger charge is 2.26. The summed E-state index contributed by atoms with van der Waals surface area (Å²) >= 11 is 0. The van der Waals surface area contributed by atoms with E-state index < -0.39 is 0 Å². The third-order valence-electron chi connectivity index (χ3n) is 3.03. The van der Waals surface area contributed by atoms with Gasteiger partial charge in [-0.05, 0) is 37.1 Å². The highest BCUT2D eigenvalue weighted by Crippen LogP contribution is 2.25. The van der Waals surface area contributed by atoms with Crippen LogP contribution in [0.3, 0.4) is 0 Å². The number of benzene rings is 1. The third-order valence-corrected chi connectivity index (χ3v) is 3.03. The molecule has 2 rings (SSSR count). The van der Waals surface area contributed by atoms with Gasteiger partial charge in [0.05, 0.1) is 0 Å². The Morgan fingerprint density at radius 2 is 2.00 bits per heavy atom. The summed E-state index contributed by atoms with van der Waals surface area (Å²) in [5.41, 5.74) is 0.487. The Kier molecular flexibility index (Phi) is 3.13. The highest BCUT2D eigenvalue weighted by molar-refractivity contribution is 5.99. The van der Waals surface area contributed by atoms with Crippen LogP contribution in [-0.2, 0) is 4.79 Å². The molecule has 0 spiro atoms. The molecule has 1 atom stereocenters. The van der Waals surface area contributed by atoms with E-state index in [9.17, 15) is 14.0 Å². The maximum atomic E-state index is 12.7. The van der Waals surface area contributed by atoms with Crippen LogP contribution in [-0.4, -0.2) is 11.6 Å². The fourth-order valence-electron chi connectivity index (χ4n) is 2.08. The normalized spacial score (nSPS) is 20.1. The monoisotopic (exact) mass is 220 g/mol. The zero-order valence-corrected chi connectivity index (χ0v) is 8.91. The van der Waals surface area contributed by atoms with Gasteiger partial charge in [0.25, 0.3) is 0 Å². The second kappa shape index (κ2) is 4.56. The molecule has 0 bridgehead atoms. The SMILES string of the molecule is O=C(CC1CCCC1=O)c1ccc(F)cc1. The maximum Gasteiger partial charge on any atom is 0.163 e. The highest BCUT2D eigenvalue weighted by atomic mass is 19.1. The van der Waals surface area contributed by atoms with Crippen molar-refractivity contribution in [2.45, 2.75) is 25.7 Å². The van der Waals surface area contributed by atoms with Crippen molar-refractivity contribution in [2.75, 3.05) is 0 Å². The number of rotatable bonds is 3. The molecule has 0 heterocycles. The fourth-order valence-corrected chi connectivity index (χ4v) is 2.08. The lowest BCUT2D eigenvalue weighted by atomic mass is 9.96. The van der Waals surface area contributed by atoms with Crippen LogP contribution in [0.15, 0.2) is 24.3 Å². The molecular weight excluding hydrogens is 207 g/mol. The van der Waals surface area contributed by atoms with E-state index in [-0.39, 0.29) is 29.7 Å². The number of hydrogen-bond donors (Lipinski definition) is 0. The first kappa shape index (κ1) is 11.0. The number of carbonyl (C=O) groups is 2. The van der Waals surface area contributed by atoms with Crippen LogP contribution in [0.1, 0.15) is 36.0 Å². The zero-order chi connectivity index (χ0) is 11.5. The van der Waals surface area contributed by atoms with Crippen LogP contribution in [0.5, 0.6) is 0 Å². The molecule has 0 aromatic heterocycles. The Morgan fingerprint density at radius 1 is 1.31 bits per heavy atom. The quantitative estimate of drug-likeness (QED) is 0.734. The summed E-state index contributed by atoms with van der Waals surface area (Å²) in [7, 11) is 0. The summed E-state index contributed by atoms with van der Waals surface area (Å²) in [5.74, 6) is -0.346. The molecule has 16 heavy (non-hydrogen) atoms. The molecule has 3 heteroatoms. The number of hydrogen-bond acceptors (Lipinski definition) is 2. The smallest absolute Gasteiger partial charge is 0.163 e. The summed E-state index contributed by atoms with van der Waals surface area (Å²) in [6.07, 6.45) is 2.57. The van der Waals surface area contributed by atoms with E-state index >= 15 is 0 Å². The topological polar surface area (TPSA) is 34.1 Å². The number of halogens is 1. The number of Topliss-reactive ketones (excluding diaryl/α,β-unsaturated/α-hetero) is 2. The molecule has 84 valence electrons. The van der Waals surface area contributed by atoms with Gasteiger partial charge in [0, 0.05) is 24.3 Å². The predicted molar refractivity (Wildman–Crippen MR) is 57.7 cm³/mol. The molecular formula is C13H13FO2. The van der Waals surface area contributed by atoms with Crippen LogP contribution in [0.2, 0.25) is 0 Å². The van der Waals surface area contributed by atoms with E-state index in [1.165, 1.54) is 24.3 Å². The summed E-state index contributed by atoms with van der Waals surface area (Å²) < 4.78 is 12.7. The summed E-state index contributed by atoms with van der Waals surface area (Å²) in [4.78, 5) is 23.2. The van der Waals surface area contributed by atoms with Crippen molar-refractivity contribution < 1.29 is 14.0 Å². The lowest BCUT2D eigenvalue weighted by Crippen LogP contribution is -2.12. The first-order valence-electron chi connectivity index (χ1n) is 5.48. The molecule has 0 N–H and O–H groups in total. The Morgan fingerprint density at radius 3 is 2.56 bits per heavy atom. The van der Waals surface area contributed by atoms with Crippen LogP contribution < -0.4 is 0 Å². The van der Waals surface area contributed by atoms with Gasteiger partial charge >= 0.3 is 0 Å². The van der Waals surface area contributed by atoms with E-state index in [0.717, 1.165) is 12.8 Å². The average molecular weight is 220 g/mol. The molecule has 1 fully saturated rings. The third kappa shape index (κ3) is 2.35. The lowest BCUT2D eigenvalue weighted by Gasteiger charge is -2.06. The largest absolute Gasteiger partial charge is 0.299 e. The minimum Gasteiger partial charge on any atom is -0.299 e. The number of ketones is 2. The van der Waals surface area contributed by atoms with E-state index in [1.807, 2.05) is 0 Å². The molecule has 1 saturated carbocycles. The van der Waals surface area contributed by atoms with Gasteiger partial charge in [0.2, 0.25) is 0 Å². The van der Waals surface area contributed by atoms with Crippen LogP contribution in [0.4, 0.5) is 4.39 Å². The Bertz CT molecular complexity index is 408. The van der Waals surface area contributed by atoms with Crippen LogP contribution >= 0.6 is 0 Å². The predicted octanol–water partition coefficient (Wildman–Crippen LogP) is 2.77. The molecule has 2 nitrogen and oxygen atoms in total. The standard InChI is InChI=1S/C13H13FO2/c14-11-6-4-9(5-7-11)13(16)8-10-2-1-3-12(10)15/h4-7,10H,1-3,8H2. The molecule has 1 aliphatic rings. The van der Waals surface area contributed by atoms with Crippen molar-refractivity contribution >= 4 is 11.6 Å². The van der Waals surface area contributed by atoms with E-state index in [1.54, 1.807) is 0 Å². The molecule has 0 radical (unpaired) electrons. The minimum atomic E-state index is -0.353. The molecule has 0 amide bonds. The summed E-state index contributed by atoms with van der Waals surface area (Å²) in [6, 6.07) is 5.47. The van der Waals surface area contributed by atoms with E-state index in [2.05, 4.69) is 0 Å². The second-order valence-corrected chi connectivity index (χ2v) is 4.19. The van der Waals surface area contributed by atoms with Crippen molar-refractivity contribution in [3.05, 3.63) is 35.6 Å². The molecule has 0 aliphatic heterocycles. The Labute approximate surface area is 93.5 Å². The van der Waals surface area contributed by atoms with Crippen molar-refractivity contribution in [1.29, 1.82) is 0 Å². The second-order valence-electron chi connectivity index (χ2n) is 4.19. The van der Waals surface area contributed by atoms with Gasteiger partial charge in [-0.1, -0.05) is 0 Å². The van der Waals surface area contributed by atoms with Crippen molar-refractivity contribution in [1.82, 2.24) is 0 Å². The van der Waals surface area contributed by atoms with Crippen molar-refractivity contribution in [3.8, 4) is 0 Å². The molecule has 1 aromatic carbocycles. The average Bonchev–Trinajstić information content (AvgIpc) is 2.65. The molecule has 0 saturated heterocycles. The molecule has 1 unspecified atom stereocenters. The first-order valence-corrected chi connectivity index (χ1v) is 5.48. The number of carbonyl (C=O) groups excluding carboxylic acids is 2. The van der Waals surface area contributed by atoms with Gasteiger partial charge in [0.1, 0.15) is 11.6 Å². The molecule has 1 aromatic rings. The van der Waals surface area contributed by atoms with Crippen molar-refractivity contribution in [2.24, 2.45) is 5.92 Å². The van der Waals surface area contributed by atoms with E-state index in [0.29, 0.717) is 12.0 Å². The van der Waals surface area contributed by atoms with E-state index in [4.69, 9.17) is 0 Å². The van der Waals surface area contributed by atoms with Crippen molar-refractivity contribution in [3.63, 3.8) is 0 Å². The Balaban J connectivity index is 2.02. The molecule has 1 aliphatic carbocycles. The Hall–Kier alpha value is -1.51. The summed E-state index contributed by atoms with van der Waals surface area (Å²) in [5, 5.41) is 0. The van der Waals surface area contributed by atoms with Gasteiger partial charge in [-0.2, -0.15) is 0 Å². The van der Waals surface area contributed by atoms with Crippen LogP contribution in [0, 0.1) is 11.7 Å². The van der Waals surface area contributed by atoms with Gasteiger partial charge < -0.3 is 0 Å². The van der Waals surface area contributed by atoms with Gasteiger partial charge in [-0.25, -0.2) is 4.39 Å². The van der Waals surface area contributed by atoms with Gasteiger partial charge in [-0.3, -0.25) is 9.59 Å². The zero-order valence-electron chi connectivity index (χ0n) is 8.91. The lowest BCUT2D eigenvalue weighted by molar-refractivity contribution is -0.120. The minimum absolute atomic E-state index is 0.0692.